The monoisotopic (exact) mass is 446 g/mol. The van der Waals surface area contributed by atoms with Gasteiger partial charge < -0.3 is 14.3 Å². The van der Waals surface area contributed by atoms with Crippen molar-refractivity contribution in [1.29, 1.82) is 0 Å². The molecule has 0 saturated carbocycles. The maximum Gasteiger partial charge on any atom is 0.438 e. The van der Waals surface area contributed by atoms with Gasteiger partial charge in [0, 0.05) is 12.1 Å². The third kappa shape index (κ3) is 3.72. The van der Waals surface area contributed by atoms with E-state index in [1.54, 1.807) is 24.3 Å². The molecule has 0 spiro atoms. The number of nitrogens with zero attached hydrogens (tertiary/aromatic N) is 2. The minimum Gasteiger partial charge on any atom is -0.484 e. The molecule has 0 aliphatic carbocycles. The molecule has 1 N–H and O–H groups in total. The molecule has 1 aliphatic rings. The van der Waals surface area contributed by atoms with Gasteiger partial charge in [-0.05, 0) is 47.1 Å². The van der Waals surface area contributed by atoms with Crippen molar-refractivity contribution in [3.63, 3.8) is 0 Å². The number of alkyl halides is 3. The zero-order valence-corrected chi connectivity index (χ0v) is 15.5. The second-order valence-corrected chi connectivity index (χ2v) is 6.78. The molecule has 27 heavy (non-hydrogen) atoms. The Balaban J connectivity index is 1.76. The lowest BCUT2D eigenvalue weighted by Gasteiger charge is -2.32. The van der Waals surface area contributed by atoms with Gasteiger partial charge in [-0.3, -0.25) is 4.79 Å². The first-order valence-corrected chi connectivity index (χ1v) is 8.55. The Morgan fingerprint density at radius 1 is 1.37 bits per heavy atom. The fourth-order valence-corrected chi connectivity index (χ4v) is 2.94. The van der Waals surface area contributed by atoms with Gasteiger partial charge in [-0.25, -0.2) is 0 Å². The van der Waals surface area contributed by atoms with Crippen LogP contribution in [0.3, 0.4) is 0 Å². The Morgan fingerprint density at radius 3 is 2.74 bits per heavy atom. The minimum absolute atomic E-state index is 0.0135. The molecule has 1 aliphatic heterocycles. The number of carbonyl (C=O) groups excluding carboxylic acids is 1. The highest BCUT2D eigenvalue weighted by Gasteiger charge is 2.63. The van der Waals surface area contributed by atoms with E-state index in [0.717, 1.165) is 0 Å². The lowest BCUT2D eigenvalue weighted by Crippen LogP contribution is -2.56. The third-order valence-corrected chi connectivity index (χ3v) is 4.50. The SMILES string of the molecule is CC1=NN(C(=O)c2ccc(COc3ccccc3Br)o2)C(O)(C(F)(F)F)C1. The zero-order valence-electron chi connectivity index (χ0n) is 14.0. The fourth-order valence-electron chi connectivity index (χ4n) is 2.54. The Labute approximate surface area is 160 Å². The van der Waals surface area contributed by atoms with Crippen LogP contribution in [0.2, 0.25) is 0 Å². The molecule has 2 heterocycles. The van der Waals surface area contributed by atoms with Gasteiger partial charge in [0.2, 0.25) is 0 Å². The highest BCUT2D eigenvalue weighted by molar-refractivity contribution is 9.10. The number of hydrazone groups is 1. The van der Waals surface area contributed by atoms with Gasteiger partial charge in [0.25, 0.3) is 5.72 Å². The number of hydrogen-bond acceptors (Lipinski definition) is 5. The molecular weight excluding hydrogens is 433 g/mol. The molecule has 0 saturated heterocycles. The van der Waals surface area contributed by atoms with Crippen LogP contribution in [0, 0.1) is 0 Å². The van der Waals surface area contributed by atoms with Crippen LogP contribution in [0.4, 0.5) is 13.2 Å². The van der Waals surface area contributed by atoms with Crippen LogP contribution in [0.15, 0.2) is 50.4 Å². The van der Waals surface area contributed by atoms with Crippen molar-refractivity contribution in [3.05, 3.63) is 52.4 Å². The number of furan rings is 1. The molecular formula is C17H14BrF3N2O4. The van der Waals surface area contributed by atoms with E-state index in [1.165, 1.54) is 19.1 Å². The molecule has 0 radical (unpaired) electrons. The first-order chi connectivity index (χ1) is 12.6. The van der Waals surface area contributed by atoms with E-state index in [9.17, 15) is 23.1 Å². The molecule has 2 aromatic rings. The van der Waals surface area contributed by atoms with E-state index in [2.05, 4.69) is 21.0 Å². The second-order valence-electron chi connectivity index (χ2n) is 5.93. The summed E-state index contributed by atoms with van der Waals surface area (Å²) in [6.45, 7) is 1.25. The van der Waals surface area contributed by atoms with E-state index in [1.807, 2.05) is 0 Å². The summed E-state index contributed by atoms with van der Waals surface area (Å²) in [7, 11) is 0. The quantitative estimate of drug-likeness (QED) is 0.767. The van der Waals surface area contributed by atoms with Crippen LogP contribution in [0.5, 0.6) is 5.75 Å². The van der Waals surface area contributed by atoms with Crippen molar-refractivity contribution in [1.82, 2.24) is 5.01 Å². The van der Waals surface area contributed by atoms with Crippen molar-refractivity contribution in [2.75, 3.05) is 0 Å². The Hall–Kier alpha value is -2.33. The Bertz CT molecular complexity index is 896. The molecule has 0 fully saturated rings. The van der Waals surface area contributed by atoms with E-state index < -0.39 is 24.2 Å². The van der Waals surface area contributed by atoms with Gasteiger partial charge in [0.05, 0.1) is 4.47 Å². The second kappa shape index (κ2) is 7.01. The number of aliphatic hydroxyl groups is 1. The molecule has 6 nitrogen and oxygen atoms in total. The summed E-state index contributed by atoms with van der Waals surface area (Å²) in [4.78, 5) is 12.4. The van der Waals surface area contributed by atoms with Crippen molar-refractivity contribution in [3.8, 4) is 5.75 Å². The van der Waals surface area contributed by atoms with Gasteiger partial charge >= 0.3 is 12.1 Å². The topological polar surface area (TPSA) is 75.3 Å². The Morgan fingerprint density at radius 2 is 2.07 bits per heavy atom. The molecule has 1 aromatic carbocycles. The summed E-state index contributed by atoms with van der Waals surface area (Å²) in [5.41, 5.74) is -3.42. The predicted molar refractivity (Wildman–Crippen MR) is 92.1 cm³/mol. The fraction of sp³-hybridized carbons (Fsp3) is 0.294. The predicted octanol–water partition coefficient (Wildman–Crippen LogP) is 4.09. The highest BCUT2D eigenvalue weighted by atomic mass is 79.9. The van der Waals surface area contributed by atoms with Gasteiger partial charge in [-0.1, -0.05) is 12.1 Å². The van der Waals surface area contributed by atoms with Gasteiger partial charge in [0.1, 0.15) is 18.1 Å². The highest BCUT2D eigenvalue weighted by Crippen LogP contribution is 2.41. The van der Waals surface area contributed by atoms with Gasteiger partial charge in [0.15, 0.2) is 5.76 Å². The summed E-state index contributed by atoms with van der Waals surface area (Å²) in [5.74, 6) is -0.821. The van der Waals surface area contributed by atoms with Crippen molar-refractivity contribution in [2.45, 2.75) is 31.9 Å². The summed E-state index contributed by atoms with van der Waals surface area (Å²) >= 11 is 3.31. The van der Waals surface area contributed by atoms with E-state index >= 15 is 0 Å². The van der Waals surface area contributed by atoms with E-state index in [4.69, 9.17) is 9.15 Å². The lowest BCUT2D eigenvalue weighted by molar-refractivity contribution is -0.297. The number of amides is 1. The molecule has 1 unspecified atom stereocenters. The maximum atomic E-state index is 13.2. The lowest BCUT2D eigenvalue weighted by atomic mass is 10.1. The number of ether oxygens (including phenoxy) is 1. The van der Waals surface area contributed by atoms with Crippen LogP contribution >= 0.6 is 15.9 Å². The average Bonchev–Trinajstić information content (AvgIpc) is 3.18. The summed E-state index contributed by atoms with van der Waals surface area (Å²) in [6.07, 6.45) is -5.89. The first kappa shape index (κ1) is 19.4. The largest absolute Gasteiger partial charge is 0.484 e. The first-order valence-electron chi connectivity index (χ1n) is 7.75. The molecule has 1 amide bonds. The van der Waals surface area contributed by atoms with Crippen molar-refractivity contribution < 1.29 is 32.2 Å². The van der Waals surface area contributed by atoms with E-state index in [-0.39, 0.29) is 28.8 Å². The van der Waals surface area contributed by atoms with Gasteiger partial charge in [-0.15, -0.1) is 0 Å². The minimum atomic E-state index is -5.07. The molecule has 1 atom stereocenters. The normalized spacial score (nSPS) is 19.9. The van der Waals surface area contributed by atoms with Crippen LogP contribution in [-0.2, 0) is 6.61 Å². The summed E-state index contributed by atoms with van der Waals surface area (Å²) < 4.78 is 51.2. The number of benzene rings is 1. The summed E-state index contributed by atoms with van der Waals surface area (Å²) in [5, 5.41) is 13.5. The van der Waals surface area contributed by atoms with Crippen LogP contribution in [0.25, 0.3) is 0 Å². The summed E-state index contributed by atoms with van der Waals surface area (Å²) in [6, 6.07) is 9.68. The number of carbonyl (C=O) groups is 1. The molecule has 3 rings (SSSR count). The van der Waals surface area contributed by atoms with Crippen LogP contribution < -0.4 is 4.74 Å². The maximum absolute atomic E-state index is 13.2. The number of halogens is 4. The number of hydrogen-bond donors (Lipinski definition) is 1. The molecule has 10 heteroatoms. The standard InChI is InChI=1S/C17H14BrF3N2O4/c1-10-8-16(25,17(19,20)21)23(22-10)15(24)14-7-6-11(27-14)9-26-13-5-3-2-4-12(13)18/h2-7,25H,8-9H2,1H3. The number of para-hydroxylation sites is 1. The molecule has 144 valence electrons. The Kier molecular flexibility index (Phi) is 5.04. The zero-order chi connectivity index (χ0) is 19.8. The molecule has 1 aromatic heterocycles. The van der Waals surface area contributed by atoms with Crippen LogP contribution in [0.1, 0.15) is 29.7 Å². The van der Waals surface area contributed by atoms with Gasteiger partial charge in [-0.2, -0.15) is 23.3 Å². The average molecular weight is 447 g/mol. The van der Waals surface area contributed by atoms with Crippen LogP contribution in [-0.4, -0.2) is 33.6 Å². The third-order valence-electron chi connectivity index (χ3n) is 3.85. The molecule has 0 bridgehead atoms. The van der Waals surface area contributed by atoms with Crippen molar-refractivity contribution >= 4 is 27.5 Å². The van der Waals surface area contributed by atoms with E-state index in [0.29, 0.717) is 10.2 Å². The smallest absolute Gasteiger partial charge is 0.438 e. The van der Waals surface area contributed by atoms with Crippen molar-refractivity contribution in [2.24, 2.45) is 5.10 Å². The number of rotatable bonds is 4.